The van der Waals surface area contributed by atoms with E-state index in [4.69, 9.17) is 0 Å². The number of amides is 1. The van der Waals surface area contributed by atoms with Crippen molar-refractivity contribution >= 4 is 17.4 Å². The zero-order valence-corrected chi connectivity index (χ0v) is 16.0. The second-order valence-electron chi connectivity index (χ2n) is 7.30. The molecule has 4 nitrogen and oxygen atoms in total. The normalized spacial score (nSPS) is 18.2. The van der Waals surface area contributed by atoms with Gasteiger partial charge in [-0.25, -0.2) is 8.78 Å². The van der Waals surface area contributed by atoms with Crippen molar-refractivity contribution in [1.82, 2.24) is 0 Å². The molecule has 1 saturated heterocycles. The van der Waals surface area contributed by atoms with Crippen LogP contribution in [0.1, 0.15) is 34.8 Å². The zero-order valence-electron chi connectivity index (χ0n) is 16.0. The summed E-state index contributed by atoms with van der Waals surface area (Å²) < 4.78 is 26.4. The van der Waals surface area contributed by atoms with Crippen molar-refractivity contribution in [2.24, 2.45) is 5.92 Å². The quantitative estimate of drug-likeness (QED) is 0.460. The molecule has 0 bridgehead atoms. The lowest BCUT2D eigenvalue weighted by Gasteiger charge is -2.47. The second kappa shape index (κ2) is 8.06. The number of rotatable bonds is 6. The maximum atomic E-state index is 13.3. The van der Waals surface area contributed by atoms with Gasteiger partial charge in [0.05, 0.1) is 12.0 Å². The molecule has 152 valence electrons. The lowest BCUT2D eigenvalue weighted by atomic mass is 9.78. The number of aromatic hydroxyl groups is 1. The van der Waals surface area contributed by atoms with E-state index in [2.05, 4.69) is 0 Å². The summed E-state index contributed by atoms with van der Waals surface area (Å²) in [7, 11) is 0. The van der Waals surface area contributed by atoms with Crippen molar-refractivity contribution in [2.45, 2.75) is 18.9 Å². The molecule has 3 aromatic rings. The minimum absolute atomic E-state index is 0.112. The number of hydrogen-bond donors (Lipinski definition) is 1. The van der Waals surface area contributed by atoms with Crippen LogP contribution in [0.3, 0.4) is 0 Å². The number of phenolic OH excluding ortho intramolecular Hbond substituents is 1. The van der Waals surface area contributed by atoms with E-state index < -0.39 is 17.6 Å². The molecule has 1 aliphatic heterocycles. The molecule has 0 saturated carbocycles. The van der Waals surface area contributed by atoms with Gasteiger partial charge in [-0.1, -0.05) is 12.1 Å². The summed E-state index contributed by atoms with van der Waals surface area (Å²) in [6.07, 6.45) is 0.478. The van der Waals surface area contributed by atoms with Gasteiger partial charge >= 0.3 is 0 Å². The van der Waals surface area contributed by atoms with Gasteiger partial charge in [-0.3, -0.25) is 9.59 Å². The van der Waals surface area contributed by atoms with Gasteiger partial charge in [-0.15, -0.1) is 0 Å². The van der Waals surface area contributed by atoms with Gasteiger partial charge in [0.25, 0.3) is 0 Å². The first-order chi connectivity index (χ1) is 14.4. The zero-order chi connectivity index (χ0) is 21.3. The summed E-state index contributed by atoms with van der Waals surface area (Å²) in [5.41, 5.74) is 1.79. The van der Waals surface area contributed by atoms with Crippen LogP contribution in [0.4, 0.5) is 14.5 Å². The molecule has 3 aromatic carbocycles. The average Bonchev–Trinajstić information content (AvgIpc) is 2.74. The van der Waals surface area contributed by atoms with Gasteiger partial charge in [0.2, 0.25) is 5.91 Å². The largest absolute Gasteiger partial charge is 0.508 e. The first kappa shape index (κ1) is 19.8. The molecule has 0 aromatic heterocycles. The number of carbonyl (C=O) groups is 2. The van der Waals surface area contributed by atoms with Crippen molar-refractivity contribution < 1.29 is 23.5 Å². The lowest BCUT2D eigenvalue weighted by molar-refractivity contribution is -0.130. The monoisotopic (exact) mass is 407 g/mol. The number of hydrogen-bond acceptors (Lipinski definition) is 3. The third-order valence-corrected chi connectivity index (χ3v) is 5.40. The van der Waals surface area contributed by atoms with Crippen LogP contribution >= 0.6 is 0 Å². The highest BCUT2D eigenvalue weighted by Gasteiger charge is 2.48. The Morgan fingerprint density at radius 2 is 1.43 bits per heavy atom. The Bertz CT molecular complexity index is 1060. The Balaban J connectivity index is 1.55. The highest BCUT2D eigenvalue weighted by Crippen LogP contribution is 2.45. The molecule has 1 aliphatic rings. The van der Waals surface area contributed by atoms with Crippen molar-refractivity contribution in [1.29, 1.82) is 0 Å². The summed E-state index contributed by atoms with van der Waals surface area (Å²) in [5, 5.41) is 9.59. The molecule has 1 fully saturated rings. The Labute approximate surface area is 172 Å². The van der Waals surface area contributed by atoms with Crippen LogP contribution in [-0.4, -0.2) is 16.8 Å². The van der Waals surface area contributed by atoms with Crippen LogP contribution in [-0.2, 0) is 4.79 Å². The van der Waals surface area contributed by atoms with Crippen LogP contribution in [0.2, 0.25) is 0 Å². The maximum Gasteiger partial charge on any atom is 0.233 e. The predicted molar refractivity (Wildman–Crippen MR) is 108 cm³/mol. The third-order valence-electron chi connectivity index (χ3n) is 5.40. The number of Topliss-reactive ketones (excluding diaryl/α,β-unsaturated/α-hetero) is 1. The second-order valence-corrected chi connectivity index (χ2v) is 7.30. The van der Waals surface area contributed by atoms with Crippen LogP contribution in [0.15, 0.2) is 72.8 Å². The van der Waals surface area contributed by atoms with E-state index in [-0.39, 0.29) is 29.9 Å². The molecule has 1 unspecified atom stereocenters. The number of halogens is 2. The standard InChI is InChI=1S/C24H19F2NO3/c25-17-5-1-15(2-6-17)22(29)14-13-21-23(16-3-11-20(28)12-4-16)27(24(21)30)19-9-7-18(26)8-10-19/h1-12,21,23,28H,13-14H2/t21?,23-/m1/s1. The van der Waals surface area contributed by atoms with E-state index in [1.807, 2.05) is 0 Å². The Morgan fingerprint density at radius 1 is 0.867 bits per heavy atom. The van der Waals surface area contributed by atoms with Gasteiger partial charge in [-0.05, 0) is 72.6 Å². The van der Waals surface area contributed by atoms with E-state index >= 15 is 0 Å². The molecule has 2 atom stereocenters. The SMILES string of the molecule is O=C(CCC1C(=O)N(c2ccc(F)cc2)[C@@H]1c1ccc(O)cc1)c1ccc(F)cc1. The fourth-order valence-corrected chi connectivity index (χ4v) is 3.84. The number of carbonyl (C=O) groups excluding carboxylic acids is 2. The Morgan fingerprint density at radius 3 is 2.03 bits per heavy atom. The summed E-state index contributed by atoms with van der Waals surface area (Å²) in [6.45, 7) is 0. The van der Waals surface area contributed by atoms with Crippen LogP contribution in [0, 0.1) is 17.6 Å². The lowest BCUT2D eigenvalue weighted by Crippen LogP contribution is -2.55. The minimum Gasteiger partial charge on any atom is -0.508 e. The molecule has 1 amide bonds. The van der Waals surface area contributed by atoms with Crippen molar-refractivity contribution in [3.8, 4) is 5.75 Å². The molecular formula is C24H19F2NO3. The first-order valence-corrected chi connectivity index (χ1v) is 9.60. The number of nitrogens with zero attached hydrogens (tertiary/aromatic N) is 1. The molecule has 0 spiro atoms. The van der Waals surface area contributed by atoms with Crippen LogP contribution in [0.5, 0.6) is 5.75 Å². The highest BCUT2D eigenvalue weighted by molar-refractivity contribution is 6.04. The van der Waals surface area contributed by atoms with E-state index in [0.29, 0.717) is 17.7 Å². The number of ketones is 1. The molecule has 30 heavy (non-hydrogen) atoms. The molecule has 1 heterocycles. The smallest absolute Gasteiger partial charge is 0.233 e. The van der Waals surface area contributed by atoms with E-state index in [0.717, 1.165) is 5.56 Å². The Kier molecular flexibility index (Phi) is 5.31. The van der Waals surface area contributed by atoms with Crippen molar-refractivity contribution in [2.75, 3.05) is 4.90 Å². The molecule has 6 heteroatoms. The summed E-state index contributed by atoms with van der Waals surface area (Å²) in [4.78, 5) is 27.0. The van der Waals surface area contributed by atoms with Crippen molar-refractivity contribution in [3.63, 3.8) is 0 Å². The third kappa shape index (κ3) is 3.81. The minimum atomic E-state index is -0.427. The predicted octanol–water partition coefficient (Wildman–Crippen LogP) is 5.04. The highest BCUT2D eigenvalue weighted by atomic mass is 19.1. The van der Waals surface area contributed by atoms with E-state index in [1.165, 1.54) is 36.4 Å². The van der Waals surface area contributed by atoms with Crippen molar-refractivity contribution in [3.05, 3.63) is 95.6 Å². The van der Waals surface area contributed by atoms with Crippen LogP contribution in [0.25, 0.3) is 0 Å². The molecule has 0 aliphatic carbocycles. The molecule has 1 N–H and O–H groups in total. The number of phenols is 1. The number of benzene rings is 3. The number of anilines is 1. The van der Waals surface area contributed by atoms with Gasteiger partial charge in [0.1, 0.15) is 17.4 Å². The van der Waals surface area contributed by atoms with Gasteiger partial charge in [0.15, 0.2) is 5.78 Å². The first-order valence-electron chi connectivity index (χ1n) is 9.60. The molecule has 0 radical (unpaired) electrons. The molecule has 4 rings (SSSR count). The van der Waals surface area contributed by atoms with Crippen LogP contribution < -0.4 is 4.90 Å². The summed E-state index contributed by atoms with van der Waals surface area (Å²) in [6, 6.07) is 17.2. The summed E-state index contributed by atoms with van der Waals surface area (Å²) >= 11 is 0. The molecular weight excluding hydrogens is 388 g/mol. The van der Waals surface area contributed by atoms with Gasteiger partial charge in [0, 0.05) is 17.7 Å². The van der Waals surface area contributed by atoms with Gasteiger partial charge in [-0.2, -0.15) is 0 Å². The topological polar surface area (TPSA) is 57.6 Å². The maximum absolute atomic E-state index is 13.3. The summed E-state index contributed by atoms with van der Waals surface area (Å²) in [5.74, 6) is -1.43. The fraction of sp³-hybridized carbons (Fsp3) is 0.167. The Hall–Kier alpha value is -3.54. The number of β-lactam (4-membered cyclic amide) rings is 1. The van der Waals surface area contributed by atoms with E-state index in [9.17, 15) is 23.5 Å². The fourth-order valence-electron chi connectivity index (χ4n) is 3.84. The average molecular weight is 407 g/mol. The van der Waals surface area contributed by atoms with E-state index in [1.54, 1.807) is 41.3 Å². The van der Waals surface area contributed by atoms with Gasteiger partial charge < -0.3 is 10.0 Å².